The van der Waals surface area contributed by atoms with Gasteiger partial charge in [0.1, 0.15) is 17.0 Å². The highest BCUT2D eigenvalue weighted by Crippen LogP contribution is 2.35. The second-order valence-corrected chi connectivity index (χ2v) is 6.16. The average molecular weight is 399 g/mol. The van der Waals surface area contributed by atoms with E-state index in [4.69, 9.17) is 11.6 Å². The molecule has 0 unspecified atom stereocenters. The second kappa shape index (κ2) is 7.03. The van der Waals surface area contributed by atoms with Gasteiger partial charge >= 0.3 is 6.18 Å². The quantitative estimate of drug-likeness (QED) is 0.731. The summed E-state index contributed by atoms with van der Waals surface area (Å²) in [4.78, 5) is 16.3. The molecule has 0 aliphatic carbocycles. The van der Waals surface area contributed by atoms with Gasteiger partial charge in [-0.3, -0.25) is 14.8 Å². The summed E-state index contributed by atoms with van der Waals surface area (Å²) in [5.74, 6) is -0.946. The van der Waals surface area contributed by atoms with E-state index in [2.05, 4.69) is 20.5 Å². The normalized spacial score (nSPS) is 11.6. The third-order valence-electron chi connectivity index (χ3n) is 3.83. The number of nitrogens with one attached hydrogen (secondary N) is 1. The average Bonchev–Trinajstić information content (AvgIpc) is 3.13. The van der Waals surface area contributed by atoms with E-state index in [1.807, 2.05) is 31.2 Å². The first-order valence-electron chi connectivity index (χ1n) is 7.72. The number of anilines is 1. The van der Waals surface area contributed by atoms with Crippen LogP contribution >= 0.6 is 11.6 Å². The van der Waals surface area contributed by atoms with Crippen LogP contribution in [0.3, 0.4) is 0 Å². The number of amides is 1. The van der Waals surface area contributed by atoms with Gasteiger partial charge in [-0.2, -0.15) is 18.3 Å². The van der Waals surface area contributed by atoms with Crippen LogP contribution in [0.4, 0.5) is 19.1 Å². The van der Waals surface area contributed by atoms with Gasteiger partial charge in [-0.25, -0.2) is 9.67 Å². The van der Waals surface area contributed by atoms with Crippen molar-refractivity contribution >= 4 is 23.5 Å². The minimum Gasteiger partial charge on any atom is -0.288 e. The Hall–Kier alpha value is -2.88. The summed E-state index contributed by atoms with van der Waals surface area (Å²) in [7, 11) is 1.19. The highest BCUT2D eigenvalue weighted by atomic mass is 35.5. The van der Waals surface area contributed by atoms with E-state index in [-0.39, 0.29) is 5.95 Å². The zero-order chi connectivity index (χ0) is 19.8. The molecule has 0 atom stereocenters. The molecule has 0 spiro atoms. The maximum atomic E-state index is 12.9. The van der Waals surface area contributed by atoms with E-state index in [1.165, 1.54) is 18.1 Å². The molecule has 0 saturated carbocycles. The number of benzene rings is 1. The van der Waals surface area contributed by atoms with Crippen molar-refractivity contribution in [3.8, 4) is 0 Å². The number of hydrogen-bond acceptors (Lipinski definition) is 4. The summed E-state index contributed by atoms with van der Waals surface area (Å²) < 4.78 is 40.8. The third kappa shape index (κ3) is 3.95. The van der Waals surface area contributed by atoms with E-state index in [1.54, 1.807) is 0 Å². The maximum absolute atomic E-state index is 12.9. The number of aromatic nitrogens is 5. The number of alkyl halides is 3. The molecule has 0 radical (unpaired) electrons. The zero-order valence-corrected chi connectivity index (χ0v) is 15.0. The van der Waals surface area contributed by atoms with Crippen molar-refractivity contribution in [2.45, 2.75) is 19.6 Å². The predicted molar refractivity (Wildman–Crippen MR) is 91.5 cm³/mol. The van der Waals surface area contributed by atoms with Crippen molar-refractivity contribution in [2.75, 3.05) is 5.32 Å². The smallest absolute Gasteiger partial charge is 0.288 e. The van der Waals surface area contributed by atoms with Gasteiger partial charge in [-0.15, -0.1) is 5.10 Å². The molecule has 3 aromatic rings. The van der Waals surface area contributed by atoms with Crippen LogP contribution in [0.1, 0.15) is 27.3 Å². The molecule has 2 aromatic heterocycles. The van der Waals surface area contributed by atoms with Gasteiger partial charge < -0.3 is 0 Å². The number of carbonyl (C=O) groups is 1. The van der Waals surface area contributed by atoms with Gasteiger partial charge in [0.2, 0.25) is 5.95 Å². The number of nitrogens with zero attached hydrogens (tertiary/aromatic N) is 5. The standard InChI is InChI=1S/C16H14ClF3N6O/c1-9-5-3-4-6-10(9)7-26-8-21-15(24-26)22-14(27)12-11(17)13(16(18,19)20)23-25(12)2/h3-6,8H,7H2,1-2H3,(H,22,24,27). The molecular formula is C16H14ClF3N6O. The van der Waals surface area contributed by atoms with Crippen molar-refractivity contribution < 1.29 is 18.0 Å². The van der Waals surface area contributed by atoms with Crippen molar-refractivity contribution in [3.63, 3.8) is 0 Å². The Labute approximate surface area is 156 Å². The Bertz CT molecular complexity index is 994. The first-order chi connectivity index (χ1) is 12.7. The lowest BCUT2D eigenvalue weighted by Gasteiger charge is -2.05. The predicted octanol–water partition coefficient (Wildman–Crippen LogP) is 3.29. The molecule has 0 fully saturated rings. The summed E-state index contributed by atoms with van der Waals surface area (Å²) in [5.41, 5.74) is 0.332. The number of aryl methyl sites for hydroxylation is 2. The van der Waals surface area contributed by atoms with Gasteiger partial charge in [-0.05, 0) is 18.1 Å². The summed E-state index contributed by atoms with van der Waals surface area (Å²) >= 11 is 5.70. The third-order valence-corrected chi connectivity index (χ3v) is 4.19. The molecule has 0 aliphatic rings. The molecule has 1 amide bonds. The largest absolute Gasteiger partial charge is 0.436 e. The van der Waals surface area contributed by atoms with E-state index >= 15 is 0 Å². The van der Waals surface area contributed by atoms with Gasteiger partial charge in [0.15, 0.2) is 5.69 Å². The first-order valence-corrected chi connectivity index (χ1v) is 8.09. The molecular weight excluding hydrogens is 385 g/mol. The van der Waals surface area contributed by atoms with E-state index in [0.717, 1.165) is 15.8 Å². The Kier molecular flexibility index (Phi) is 4.92. The van der Waals surface area contributed by atoms with Crippen LogP contribution in [0.15, 0.2) is 30.6 Å². The monoisotopic (exact) mass is 398 g/mol. The van der Waals surface area contributed by atoms with Crippen LogP contribution in [0, 0.1) is 6.92 Å². The molecule has 1 aromatic carbocycles. The van der Waals surface area contributed by atoms with Crippen molar-refractivity contribution in [3.05, 3.63) is 58.1 Å². The zero-order valence-electron chi connectivity index (χ0n) is 14.3. The lowest BCUT2D eigenvalue weighted by molar-refractivity contribution is -0.141. The summed E-state index contributed by atoms with van der Waals surface area (Å²) in [5, 5.41) is 8.93. The summed E-state index contributed by atoms with van der Waals surface area (Å²) in [6.45, 7) is 2.39. The molecule has 142 valence electrons. The Morgan fingerprint density at radius 3 is 2.59 bits per heavy atom. The molecule has 3 rings (SSSR count). The summed E-state index contributed by atoms with van der Waals surface area (Å²) in [6, 6.07) is 7.70. The van der Waals surface area contributed by atoms with Crippen molar-refractivity contribution in [1.82, 2.24) is 24.5 Å². The van der Waals surface area contributed by atoms with Gasteiger partial charge in [-0.1, -0.05) is 35.9 Å². The van der Waals surface area contributed by atoms with Crippen molar-refractivity contribution in [1.29, 1.82) is 0 Å². The second-order valence-electron chi connectivity index (χ2n) is 5.78. The van der Waals surface area contributed by atoms with Gasteiger partial charge in [0.25, 0.3) is 5.91 Å². The molecule has 0 saturated heterocycles. The Balaban J connectivity index is 1.77. The van der Waals surface area contributed by atoms with Crippen LogP contribution in [0.2, 0.25) is 5.02 Å². The molecule has 7 nitrogen and oxygen atoms in total. The van der Waals surface area contributed by atoms with Crippen LogP contribution in [0.5, 0.6) is 0 Å². The molecule has 0 aliphatic heterocycles. The van der Waals surface area contributed by atoms with Crippen molar-refractivity contribution in [2.24, 2.45) is 7.05 Å². The number of carbonyl (C=O) groups excluding carboxylic acids is 1. The van der Waals surface area contributed by atoms with Crippen LogP contribution in [0.25, 0.3) is 0 Å². The molecule has 27 heavy (non-hydrogen) atoms. The Morgan fingerprint density at radius 1 is 1.26 bits per heavy atom. The highest BCUT2D eigenvalue weighted by Gasteiger charge is 2.39. The molecule has 1 N–H and O–H groups in total. The van der Waals surface area contributed by atoms with E-state index < -0.39 is 28.5 Å². The lowest BCUT2D eigenvalue weighted by atomic mass is 10.1. The molecule has 2 heterocycles. The summed E-state index contributed by atoms with van der Waals surface area (Å²) in [6.07, 6.45) is -3.35. The van der Waals surface area contributed by atoms with Gasteiger partial charge in [0, 0.05) is 7.05 Å². The van der Waals surface area contributed by atoms with Gasteiger partial charge in [0.05, 0.1) is 6.54 Å². The maximum Gasteiger partial charge on any atom is 0.436 e. The topological polar surface area (TPSA) is 77.6 Å². The lowest BCUT2D eigenvalue weighted by Crippen LogP contribution is -2.17. The van der Waals surface area contributed by atoms with Crippen LogP contribution in [-0.4, -0.2) is 30.5 Å². The number of rotatable bonds is 4. The van der Waals surface area contributed by atoms with E-state index in [0.29, 0.717) is 6.54 Å². The van der Waals surface area contributed by atoms with Crippen LogP contribution < -0.4 is 5.32 Å². The Morgan fingerprint density at radius 2 is 1.96 bits per heavy atom. The molecule has 11 heteroatoms. The fraction of sp³-hybridized carbons (Fsp3) is 0.250. The molecule has 0 bridgehead atoms. The highest BCUT2D eigenvalue weighted by molar-refractivity contribution is 6.34. The fourth-order valence-corrected chi connectivity index (χ4v) is 2.83. The van der Waals surface area contributed by atoms with E-state index in [9.17, 15) is 18.0 Å². The minimum absolute atomic E-state index is 0.0561. The SMILES string of the molecule is Cc1ccccc1Cn1cnc(NC(=O)c2c(Cl)c(C(F)(F)F)nn2C)n1. The minimum atomic E-state index is -4.76. The number of halogens is 4. The fourth-order valence-electron chi connectivity index (χ4n) is 2.48. The van der Waals surface area contributed by atoms with Crippen LogP contribution in [-0.2, 0) is 19.8 Å². The number of hydrogen-bond donors (Lipinski definition) is 1. The first kappa shape index (κ1) is 18.9.